The number of hydrogen-bond donors (Lipinski definition) is 2. The molecule has 0 aliphatic carbocycles. The minimum Gasteiger partial charge on any atom is -0.340 e. The van der Waals surface area contributed by atoms with Crippen LogP contribution in [0.2, 0.25) is 0 Å². The van der Waals surface area contributed by atoms with E-state index in [1.54, 1.807) is 6.92 Å². The van der Waals surface area contributed by atoms with Crippen LogP contribution in [0.25, 0.3) is 0 Å². The van der Waals surface area contributed by atoms with Crippen LogP contribution < -0.4 is 10.6 Å². The summed E-state index contributed by atoms with van der Waals surface area (Å²) in [5.41, 5.74) is 1.08. The molecule has 1 amide bonds. The Morgan fingerprint density at radius 1 is 0.929 bits per heavy atom. The highest BCUT2D eigenvalue weighted by molar-refractivity contribution is 6.03. The van der Waals surface area contributed by atoms with E-state index >= 15 is 0 Å². The van der Waals surface area contributed by atoms with E-state index in [2.05, 4.69) is 20.6 Å². The van der Waals surface area contributed by atoms with Gasteiger partial charge in [-0.3, -0.25) is 4.79 Å². The third kappa shape index (κ3) is 4.85. The van der Waals surface area contributed by atoms with Crippen molar-refractivity contribution in [3.63, 3.8) is 0 Å². The SMILES string of the molecule is Cc1cccc(Nc2cc(C(=O)Nc3cccc(C(F)(F)F)c3)nc(C)n2)c1. The molecule has 0 atom stereocenters. The number of nitrogens with zero attached hydrogens (tertiary/aromatic N) is 2. The van der Waals surface area contributed by atoms with Gasteiger partial charge in [0.1, 0.15) is 17.3 Å². The van der Waals surface area contributed by atoms with Crippen LogP contribution in [-0.2, 0) is 6.18 Å². The summed E-state index contributed by atoms with van der Waals surface area (Å²) in [5.74, 6) is 0.135. The molecule has 0 saturated heterocycles. The van der Waals surface area contributed by atoms with E-state index in [4.69, 9.17) is 0 Å². The van der Waals surface area contributed by atoms with E-state index in [1.807, 2.05) is 31.2 Å². The number of anilines is 3. The summed E-state index contributed by atoms with van der Waals surface area (Å²) in [5, 5.41) is 5.53. The van der Waals surface area contributed by atoms with Gasteiger partial charge in [-0.25, -0.2) is 9.97 Å². The van der Waals surface area contributed by atoms with Crippen LogP contribution >= 0.6 is 0 Å². The van der Waals surface area contributed by atoms with Crippen molar-refractivity contribution in [2.75, 3.05) is 10.6 Å². The molecule has 0 spiro atoms. The lowest BCUT2D eigenvalue weighted by Gasteiger charge is -2.11. The lowest BCUT2D eigenvalue weighted by Crippen LogP contribution is -2.16. The number of nitrogens with one attached hydrogen (secondary N) is 2. The second kappa shape index (κ2) is 7.67. The maximum atomic E-state index is 12.8. The monoisotopic (exact) mass is 386 g/mol. The van der Waals surface area contributed by atoms with E-state index in [0.29, 0.717) is 11.6 Å². The first-order valence-electron chi connectivity index (χ1n) is 8.39. The fraction of sp³-hybridized carbons (Fsp3) is 0.150. The first-order chi connectivity index (χ1) is 13.2. The molecule has 0 aliphatic heterocycles. The van der Waals surface area contributed by atoms with Crippen LogP contribution in [0, 0.1) is 13.8 Å². The molecule has 8 heteroatoms. The minimum atomic E-state index is -4.49. The Kier molecular flexibility index (Phi) is 5.30. The number of aromatic nitrogens is 2. The number of halogens is 3. The van der Waals surface area contributed by atoms with Gasteiger partial charge in [0.15, 0.2) is 0 Å². The molecule has 0 saturated carbocycles. The smallest absolute Gasteiger partial charge is 0.340 e. The molecule has 5 nitrogen and oxygen atoms in total. The zero-order chi connectivity index (χ0) is 20.3. The molecule has 3 rings (SSSR count). The van der Waals surface area contributed by atoms with E-state index in [-0.39, 0.29) is 11.4 Å². The van der Waals surface area contributed by atoms with Gasteiger partial charge < -0.3 is 10.6 Å². The van der Waals surface area contributed by atoms with Gasteiger partial charge in [-0.2, -0.15) is 13.2 Å². The molecular formula is C20H17F3N4O. The normalized spacial score (nSPS) is 11.2. The summed E-state index contributed by atoms with van der Waals surface area (Å²) in [6.07, 6.45) is -4.49. The molecule has 2 N–H and O–H groups in total. The summed E-state index contributed by atoms with van der Waals surface area (Å²) in [6.45, 7) is 3.58. The summed E-state index contributed by atoms with van der Waals surface area (Å²) in [4.78, 5) is 20.8. The molecule has 1 heterocycles. The van der Waals surface area contributed by atoms with Gasteiger partial charge in [0.05, 0.1) is 5.56 Å². The maximum Gasteiger partial charge on any atom is 0.416 e. The standard InChI is InChI=1S/C20H17F3N4O/c1-12-5-3-7-15(9-12)26-18-11-17(24-13(2)25-18)19(28)27-16-8-4-6-14(10-16)20(21,22)23/h3-11H,1-2H3,(H,27,28)(H,24,25,26). The summed E-state index contributed by atoms with van der Waals surface area (Å²) in [6, 6.07) is 13.5. The van der Waals surface area contributed by atoms with Crippen molar-refractivity contribution in [2.24, 2.45) is 0 Å². The minimum absolute atomic E-state index is 0.0317. The fourth-order valence-corrected chi connectivity index (χ4v) is 2.59. The number of benzene rings is 2. The maximum absolute atomic E-state index is 12.8. The average molecular weight is 386 g/mol. The topological polar surface area (TPSA) is 66.9 Å². The Hall–Kier alpha value is -3.42. The third-order valence-corrected chi connectivity index (χ3v) is 3.81. The largest absolute Gasteiger partial charge is 0.416 e. The first-order valence-corrected chi connectivity index (χ1v) is 8.39. The Morgan fingerprint density at radius 3 is 2.36 bits per heavy atom. The highest BCUT2D eigenvalue weighted by Crippen LogP contribution is 2.30. The van der Waals surface area contributed by atoms with Crippen LogP contribution in [0.15, 0.2) is 54.6 Å². The van der Waals surface area contributed by atoms with Gasteiger partial charge in [0.2, 0.25) is 0 Å². The molecule has 2 aromatic carbocycles. The average Bonchev–Trinajstić information content (AvgIpc) is 2.61. The lowest BCUT2D eigenvalue weighted by atomic mass is 10.2. The lowest BCUT2D eigenvalue weighted by molar-refractivity contribution is -0.137. The number of aryl methyl sites for hydroxylation is 2. The quantitative estimate of drug-likeness (QED) is 0.654. The van der Waals surface area contributed by atoms with Crippen LogP contribution in [0.1, 0.15) is 27.4 Å². The number of hydrogen-bond acceptors (Lipinski definition) is 4. The zero-order valence-electron chi connectivity index (χ0n) is 15.1. The highest BCUT2D eigenvalue weighted by Gasteiger charge is 2.30. The van der Waals surface area contributed by atoms with Crippen LogP contribution in [0.5, 0.6) is 0 Å². The number of amides is 1. The zero-order valence-corrected chi connectivity index (χ0v) is 15.1. The van der Waals surface area contributed by atoms with Gasteiger partial charge in [-0.05, 0) is 49.7 Å². The molecule has 0 radical (unpaired) electrons. The molecule has 0 aliphatic rings. The Balaban J connectivity index is 1.81. The van der Waals surface area contributed by atoms with Crippen LogP contribution in [0.4, 0.5) is 30.4 Å². The molecule has 144 valence electrons. The Labute approximate surface area is 159 Å². The summed E-state index contributed by atoms with van der Waals surface area (Å²) >= 11 is 0. The second-order valence-electron chi connectivity index (χ2n) is 6.21. The predicted molar refractivity (Wildman–Crippen MR) is 101 cm³/mol. The number of carbonyl (C=O) groups excluding carboxylic acids is 1. The fourth-order valence-electron chi connectivity index (χ4n) is 2.59. The van der Waals surface area contributed by atoms with Crippen LogP contribution in [0.3, 0.4) is 0 Å². The molecule has 0 bridgehead atoms. The van der Waals surface area contributed by atoms with E-state index in [1.165, 1.54) is 18.2 Å². The Morgan fingerprint density at radius 2 is 1.64 bits per heavy atom. The van der Waals surface area contributed by atoms with E-state index in [0.717, 1.165) is 23.4 Å². The van der Waals surface area contributed by atoms with E-state index in [9.17, 15) is 18.0 Å². The molecule has 1 aromatic heterocycles. The van der Waals surface area contributed by atoms with E-state index < -0.39 is 17.6 Å². The van der Waals surface area contributed by atoms with Crippen molar-refractivity contribution in [1.82, 2.24) is 9.97 Å². The molecular weight excluding hydrogens is 369 g/mol. The Bertz CT molecular complexity index is 1020. The second-order valence-corrected chi connectivity index (χ2v) is 6.21. The van der Waals surface area contributed by atoms with Gasteiger partial charge in [0.25, 0.3) is 5.91 Å². The van der Waals surface area contributed by atoms with Gasteiger partial charge in [0, 0.05) is 17.4 Å². The van der Waals surface area contributed by atoms with Crippen molar-refractivity contribution in [1.29, 1.82) is 0 Å². The van der Waals surface area contributed by atoms with Crippen molar-refractivity contribution in [3.05, 3.63) is 77.2 Å². The predicted octanol–water partition coefficient (Wildman–Crippen LogP) is 5.11. The molecule has 3 aromatic rings. The highest BCUT2D eigenvalue weighted by atomic mass is 19.4. The molecule has 28 heavy (non-hydrogen) atoms. The van der Waals surface area contributed by atoms with Gasteiger partial charge in [-0.15, -0.1) is 0 Å². The van der Waals surface area contributed by atoms with Crippen molar-refractivity contribution < 1.29 is 18.0 Å². The van der Waals surface area contributed by atoms with Crippen molar-refractivity contribution in [3.8, 4) is 0 Å². The number of rotatable bonds is 4. The first kappa shape index (κ1) is 19.3. The summed E-state index contributed by atoms with van der Waals surface area (Å²) < 4.78 is 38.5. The number of alkyl halides is 3. The summed E-state index contributed by atoms with van der Waals surface area (Å²) in [7, 11) is 0. The van der Waals surface area contributed by atoms with Crippen molar-refractivity contribution in [2.45, 2.75) is 20.0 Å². The van der Waals surface area contributed by atoms with Crippen molar-refractivity contribution >= 4 is 23.1 Å². The molecule has 0 fully saturated rings. The van der Waals surface area contributed by atoms with Gasteiger partial charge >= 0.3 is 6.18 Å². The number of carbonyl (C=O) groups is 1. The third-order valence-electron chi connectivity index (χ3n) is 3.81. The molecule has 0 unspecified atom stereocenters. The van der Waals surface area contributed by atoms with Gasteiger partial charge in [-0.1, -0.05) is 18.2 Å². The van der Waals surface area contributed by atoms with Crippen LogP contribution in [-0.4, -0.2) is 15.9 Å².